The van der Waals surface area contributed by atoms with Crippen molar-refractivity contribution in [3.63, 3.8) is 0 Å². The van der Waals surface area contributed by atoms with Crippen molar-refractivity contribution in [2.75, 3.05) is 0 Å². The predicted octanol–water partition coefficient (Wildman–Crippen LogP) is 1.93. The lowest BCUT2D eigenvalue weighted by Crippen LogP contribution is -2.65. The van der Waals surface area contributed by atoms with Gasteiger partial charge in [0, 0.05) is 12.8 Å². The lowest BCUT2D eigenvalue weighted by molar-refractivity contribution is -0.508. The van der Waals surface area contributed by atoms with Crippen molar-refractivity contribution < 1.29 is 29.8 Å². The molecule has 0 aliphatic heterocycles. The molecule has 0 aromatic heterocycles. The Labute approximate surface area is 124 Å². The van der Waals surface area contributed by atoms with Gasteiger partial charge in [0.15, 0.2) is 0 Å². The summed E-state index contributed by atoms with van der Waals surface area (Å²) in [4.78, 5) is 4.67. The van der Waals surface area contributed by atoms with Crippen LogP contribution < -0.4 is 0 Å². The maximum Gasteiger partial charge on any atom is 0.256 e. The largest absolute Gasteiger partial charge is 0.393 e. The van der Waals surface area contributed by atoms with Crippen LogP contribution in [0.4, 0.5) is 0 Å². The van der Waals surface area contributed by atoms with Crippen molar-refractivity contribution in [1.29, 1.82) is 0 Å². The molecule has 3 saturated carbocycles. The molecule has 0 spiro atoms. The van der Waals surface area contributed by atoms with Gasteiger partial charge in [0.25, 0.3) is 5.79 Å². The van der Waals surface area contributed by atoms with Crippen LogP contribution >= 0.6 is 0 Å². The fourth-order valence-corrected chi connectivity index (χ4v) is 3.60. The molecule has 3 unspecified atom stereocenters. The number of ether oxygens (including phenoxy) is 2. The van der Waals surface area contributed by atoms with Gasteiger partial charge in [-0.2, -0.15) is 4.89 Å². The Kier molecular flexibility index (Phi) is 4.55. The van der Waals surface area contributed by atoms with Crippen LogP contribution in [0.2, 0.25) is 0 Å². The second-order valence-electron chi connectivity index (χ2n) is 6.72. The minimum atomic E-state index is -1.80. The Morgan fingerprint density at radius 2 is 1.48 bits per heavy atom. The van der Waals surface area contributed by atoms with Crippen LogP contribution in [-0.2, 0) is 14.4 Å². The fraction of sp³-hybridized carbons (Fsp3) is 1.00. The van der Waals surface area contributed by atoms with Crippen molar-refractivity contribution in [2.45, 2.75) is 94.1 Å². The maximum atomic E-state index is 11.0. The molecule has 3 aliphatic rings. The van der Waals surface area contributed by atoms with E-state index in [1.165, 1.54) is 0 Å². The molecule has 3 rings (SSSR count). The zero-order valence-corrected chi connectivity index (χ0v) is 12.4. The third kappa shape index (κ3) is 2.98. The number of aliphatic hydroxyl groups is 2. The summed E-state index contributed by atoms with van der Waals surface area (Å²) >= 11 is 0. The molecule has 0 radical (unpaired) electrons. The highest BCUT2D eigenvalue weighted by molar-refractivity contribution is 4.96. The molecule has 0 heterocycles. The Bertz CT molecular complexity index is 354. The molecule has 0 aromatic rings. The lowest BCUT2D eigenvalue weighted by Gasteiger charge is -2.50. The van der Waals surface area contributed by atoms with Crippen molar-refractivity contribution in [2.24, 2.45) is 0 Å². The third-order valence-corrected chi connectivity index (χ3v) is 5.13. The molecule has 6 heteroatoms. The van der Waals surface area contributed by atoms with E-state index in [1.807, 2.05) is 0 Å². The Balaban J connectivity index is 1.78. The van der Waals surface area contributed by atoms with E-state index in [-0.39, 0.29) is 25.0 Å². The lowest BCUT2D eigenvalue weighted by atomic mass is 9.84. The minimum absolute atomic E-state index is 0.00319. The van der Waals surface area contributed by atoms with Gasteiger partial charge in [-0.15, -0.1) is 0 Å². The first-order valence-corrected chi connectivity index (χ1v) is 8.15. The maximum absolute atomic E-state index is 11.0. The molecular weight excluding hydrogens is 276 g/mol. The van der Waals surface area contributed by atoms with Crippen LogP contribution in [-0.4, -0.2) is 45.4 Å². The molecule has 0 aromatic carbocycles. The second kappa shape index (κ2) is 6.10. The van der Waals surface area contributed by atoms with E-state index in [4.69, 9.17) is 9.47 Å². The number of hydrogen-bond donors (Lipinski definition) is 3. The molecule has 0 amide bonds. The highest BCUT2D eigenvalue weighted by Gasteiger charge is 2.61. The third-order valence-electron chi connectivity index (χ3n) is 5.13. The Morgan fingerprint density at radius 3 is 2.05 bits per heavy atom. The van der Waals surface area contributed by atoms with Crippen LogP contribution in [0.15, 0.2) is 0 Å². The van der Waals surface area contributed by atoms with E-state index in [9.17, 15) is 15.5 Å². The van der Waals surface area contributed by atoms with Crippen molar-refractivity contribution >= 4 is 0 Å². The smallest absolute Gasteiger partial charge is 0.256 e. The van der Waals surface area contributed by atoms with E-state index in [0.717, 1.165) is 44.9 Å². The second-order valence-corrected chi connectivity index (χ2v) is 6.72. The molecule has 21 heavy (non-hydrogen) atoms. The van der Waals surface area contributed by atoms with E-state index in [0.29, 0.717) is 6.42 Å². The highest BCUT2D eigenvalue weighted by Crippen LogP contribution is 2.46. The van der Waals surface area contributed by atoms with Gasteiger partial charge in [0.1, 0.15) is 0 Å². The molecule has 6 nitrogen and oxygen atoms in total. The summed E-state index contributed by atoms with van der Waals surface area (Å²) in [5.74, 6) is -3.38. The zero-order chi connectivity index (χ0) is 14.9. The number of aliphatic hydroxyl groups excluding tert-OH is 1. The first kappa shape index (κ1) is 15.6. The molecule has 3 atom stereocenters. The van der Waals surface area contributed by atoms with E-state index < -0.39 is 17.7 Å². The van der Waals surface area contributed by atoms with Gasteiger partial charge in [0.2, 0.25) is 5.79 Å². The van der Waals surface area contributed by atoms with Gasteiger partial charge < -0.3 is 19.7 Å². The van der Waals surface area contributed by atoms with Gasteiger partial charge in [0.05, 0.1) is 18.3 Å². The quantitative estimate of drug-likeness (QED) is 0.408. The molecular formula is C15H26O6. The van der Waals surface area contributed by atoms with Crippen molar-refractivity contribution in [3.8, 4) is 0 Å². The standard InChI is InChI=1S/C15H26O6/c16-11-8-9-15(21-18,20-13-4-1-2-5-13)14(17,10-11)19-12-6-3-7-12/h11-13,16-18H,1-10H2. The summed E-state index contributed by atoms with van der Waals surface area (Å²) in [6, 6.07) is 0. The average Bonchev–Trinajstić information content (AvgIpc) is 2.91. The first-order valence-electron chi connectivity index (χ1n) is 8.15. The summed E-state index contributed by atoms with van der Waals surface area (Å²) in [6.45, 7) is 0. The fourth-order valence-electron chi connectivity index (χ4n) is 3.60. The topological polar surface area (TPSA) is 88.4 Å². The Hall–Kier alpha value is -0.240. The highest BCUT2D eigenvalue weighted by atomic mass is 17.2. The number of hydrogen-bond acceptors (Lipinski definition) is 6. The van der Waals surface area contributed by atoms with Gasteiger partial charge in [-0.05, 0) is 38.5 Å². The van der Waals surface area contributed by atoms with E-state index >= 15 is 0 Å². The normalized spacial score (nSPS) is 42.1. The van der Waals surface area contributed by atoms with Gasteiger partial charge >= 0.3 is 0 Å². The minimum Gasteiger partial charge on any atom is -0.393 e. The summed E-state index contributed by atoms with van der Waals surface area (Å²) < 4.78 is 11.8. The summed E-state index contributed by atoms with van der Waals surface area (Å²) in [5.41, 5.74) is 0. The van der Waals surface area contributed by atoms with Crippen LogP contribution in [0.5, 0.6) is 0 Å². The zero-order valence-electron chi connectivity index (χ0n) is 12.4. The molecule has 3 fully saturated rings. The monoisotopic (exact) mass is 302 g/mol. The molecule has 3 N–H and O–H groups in total. The molecule has 0 saturated heterocycles. The van der Waals surface area contributed by atoms with Gasteiger partial charge in [-0.25, -0.2) is 5.26 Å². The predicted molar refractivity (Wildman–Crippen MR) is 73.3 cm³/mol. The SMILES string of the molecule is OOC1(OC2CCCC2)CCC(O)CC1(O)OC1CCC1. The molecule has 122 valence electrons. The number of rotatable bonds is 5. The van der Waals surface area contributed by atoms with Crippen LogP contribution in [0.3, 0.4) is 0 Å². The van der Waals surface area contributed by atoms with Crippen molar-refractivity contribution in [3.05, 3.63) is 0 Å². The van der Waals surface area contributed by atoms with Gasteiger partial charge in [-0.1, -0.05) is 12.8 Å². The summed E-state index contributed by atoms with van der Waals surface area (Å²) in [7, 11) is 0. The molecule has 0 bridgehead atoms. The first-order chi connectivity index (χ1) is 10.1. The van der Waals surface area contributed by atoms with E-state index in [2.05, 4.69) is 4.89 Å². The summed E-state index contributed by atoms with van der Waals surface area (Å²) in [6.07, 6.45) is 6.63. The average molecular weight is 302 g/mol. The van der Waals surface area contributed by atoms with Crippen molar-refractivity contribution in [1.82, 2.24) is 0 Å². The van der Waals surface area contributed by atoms with Crippen LogP contribution in [0.25, 0.3) is 0 Å². The van der Waals surface area contributed by atoms with Crippen LogP contribution in [0, 0.1) is 0 Å². The Morgan fingerprint density at radius 1 is 0.857 bits per heavy atom. The van der Waals surface area contributed by atoms with Crippen LogP contribution in [0.1, 0.15) is 64.2 Å². The summed E-state index contributed by atoms with van der Waals surface area (Å²) in [5, 5.41) is 30.3. The van der Waals surface area contributed by atoms with Gasteiger partial charge in [-0.3, -0.25) is 0 Å². The molecule has 3 aliphatic carbocycles. The van der Waals surface area contributed by atoms with E-state index in [1.54, 1.807) is 0 Å².